The summed E-state index contributed by atoms with van der Waals surface area (Å²) in [4.78, 5) is 24.2. The van der Waals surface area contributed by atoms with E-state index in [1.165, 1.54) is 4.90 Å². The Kier molecular flexibility index (Phi) is 3.17. The highest BCUT2D eigenvalue weighted by atomic mass is 16.4. The van der Waals surface area contributed by atoms with Gasteiger partial charge in [0.15, 0.2) is 0 Å². The van der Waals surface area contributed by atoms with Gasteiger partial charge in [-0.15, -0.1) is 0 Å². The number of amides is 2. The van der Waals surface area contributed by atoms with Crippen LogP contribution in [0.3, 0.4) is 0 Å². The van der Waals surface area contributed by atoms with Crippen LogP contribution in [0.2, 0.25) is 0 Å². The number of likely N-dealkylation sites (tertiary alicyclic amines) is 1. The third kappa shape index (κ3) is 1.74. The first kappa shape index (κ1) is 12.8. The van der Waals surface area contributed by atoms with Crippen molar-refractivity contribution in [2.24, 2.45) is 11.1 Å². The van der Waals surface area contributed by atoms with E-state index in [0.29, 0.717) is 13.0 Å². The number of hydrogen-bond acceptors (Lipinski definition) is 2. The summed E-state index contributed by atoms with van der Waals surface area (Å²) in [5.74, 6) is -0.540. The molecule has 5 nitrogen and oxygen atoms in total. The molecule has 16 heavy (non-hydrogen) atoms. The second-order valence-electron chi connectivity index (χ2n) is 5.37. The monoisotopic (exact) mass is 228 g/mol. The molecule has 0 radical (unpaired) electrons. The highest BCUT2D eigenvalue weighted by Crippen LogP contribution is 2.42. The Balaban J connectivity index is 3.25. The molecular formula is C11H20N2O3. The largest absolute Gasteiger partial charge is 0.465 e. The molecule has 0 saturated carbocycles. The van der Waals surface area contributed by atoms with Crippen molar-refractivity contribution in [3.8, 4) is 0 Å². The van der Waals surface area contributed by atoms with Gasteiger partial charge in [0.05, 0.1) is 0 Å². The minimum atomic E-state index is -1.07. The first-order valence-electron chi connectivity index (χ1n) is 5.54. The molecule has 0 spiro atoms. The van der Waals surface area contributed by atoms with Crippen LogP contribution >= 0.6 is 0 Å². The van der Waals surface area contributed by atoms with Crippen molar-refractivity contribution in [1.82, 2.24) is 4.90 Å². The van der Waals surface area contributed by atoms with Crippen molar-refractivity contribution in [3.05, 3.63) is 0 Å². The lowest BCUT2D eigenvalue weighted by molar-refractivity contribution is -0.139. The van der Waals surface area contributed by atoms with Crippen LogP contribution in [-0.2, 0) is 4.79 Å². The lowest BCUT2D eigenvalue weighted by Crippen LogP contribution is -2.67. The number of hydrogen-bond donors (Lipinski definition) is 2. The summed E-state index contributed by atoms with van der Waals surface area (Å²) in [5.41, 5.74) is 3.91. The Morgan fingerprint density at radius 1 is 1.31 bits per heavy atom. The minimum Gasteiger partial charge on any atom is -0.465 e. The van der Waals surface area contributed by atoms with E-state index in [4.69, 9.17) is 5.73 Å². The van der Waals surface area contributed by atoms with Crippen molar-refractivity contribution in [3.63, 3.8) is 0 Å². The summed E-state index contributed by atoms with van der Waals surface area (Å²) < 4.78 is 0. The highest BCUT2D eigenvalue weighted by molar-refractivity contribution is 5.89. The number of carbonyl (C=O) groups excluding carboxylic acids is 1. The molecule has 1 atom stereocenters. The molecular weight excluding hydrogens is 208 g/mol. The van der Waals surface area contributed by atoms with Gasteiger partial charge >= 0.3 is 6.09 Å². The molecule has 1 aliphatic heterocycles. The molecule has 3 N–H and O–H groups in total. The Labute approximate surface area is 95.6 Å². The van der Waals surface area contributed by atoms with Gasteiger partial charge in [-0.1, -0.05) is 20.8 Å². The van der Waals surface area contributed by atoms with Crippen molar-refractivity contribution in [1.29, 1.82) is 0 Å². The van der Waals surface area contributed by atoms with Gasteiger partial charge in [0, 0.05) is 6.54 Å². The average Bonchev–Trinajstić information content (AvgIpc) is 2.15. The normalized spacial score (nSPS) is 26.6. The molecule has 0 bridgehead atoms. The first-order chi connectivity index (χ1) is 7.23. The second kappa shape index (κ2) is 3.96. The minimum absolute atomic E-state index is 0.384. The molecule has 1 aliphatic rings. The van der Waals surface area contributed by atoms with E-state index in [-0.39, 0.29) is 0 Å². The quantitative estimate of drug-likeness (QED) is 0.712. The maximum Gasteiger partial charge on any atom is 0.408 e. The standard InChI is InChI=1S/C11H20N2O3/c1-10(2,3)11(8(12)14)6-4-5-7-13(11)9(15)16/h4-7H2,1-3H3,(H2,12,14)(H,15,16)/t11-/m0/s1. The Morgan fingerprint density at radius 2 is 1.88 bits per heavy atom. The van der Waals surface area contributed by atoms with Crippen LogP contribution in [0.1, 0.15) is 40.0 Å². The number of carboxylic acid groups (broad SMARTS) is 1. The highest BCUT2D eigenvalue weighted by Gasteiger charge is 2.54. The number of piperidine rings is 1. The molecule has 1 saturated heterocycles. The zero-order chi connectivity index (χ0) is 12.6. The third-order valence-corrected chi connectivity index (χ3v) is 3.51. The molecule has 1 fully saturated rings. The summed E-state index contributed by atoms with van der Waals surface area (Å²) in [7, 11) is 0. The molecule has 0 unspecified atom stereocenters. The fraction of sp³-hybridized carbons (Fsp3) is 0.818. The van der Waals surface area contributed by atoms with Gasteiger partial charge in [-0.2, -0.15) is 0 Å². The first-order valence-corrected chi connectivity index (χ1v) is 5.54. The predicted octanol–water partition coefficient (Wildman–Crippen LogP) is 1.42. The van der Waals surface area contributed by atoms with Crippen LogP contribution in [0, 0.1) is 5.41 Å². The number of carbonyl (C=O) groups is 2. The van der Waals surface area contributed by atoms with Gasteiger partial charge in [0.25, 0.3) is 0 Å². The Hall–Kier alpha value is -1.26. The molecule has 0 aromatic rings. The molecule has 5 heteroatoms. The van der Waals surface area contributed by atoms with E-state index >= 15 is 0 Å². The van der Waals surface area contributed by atoms with Crippen LogP contribution in [0.5, 0.6) is 0 Å². The lowest BCUT2D eigenvalue weighted by Gasteiger charge is -2.51. The second-order valence-corrected chi connectivity index (χ2v) is 5.37. The van der Waals surface area contributed by atoms with Crippen LogP contribution in [0.15, 0.2) is 0 Å². The van der Waals surface area contributed by atoms with E-state index in [1.54, 1.807) is 0 Å². The Morgan fingerprint density at radius 3 is 2.19 bits per heavy atom. The van der Waals surface area contributed by atoms with Crippen LogP contribution in [-0.4, -0.2) is 34.1 Å². The Bertz CT molecular complexity index is 309. The number of nitrogens with zero attached hydrogens (tertiary/aromatic N) is 1. The summed E-state index contributed by atoms with van der Waals surface area (Å²) in [6.45, 7) is 5.96. The molecule has 0 aromatic carbocycles. The number of rotatable bonds is 1. The van der Waals surface area contributed by atoms with Crippen LogP contribution in [0.25, 0.3) is 0 Å². The van der Waals surface area contributed by atoms with Gasteiger partial charge in [0.1, 0.15) is 5.54 Å². The maximum absolute atomic E-state index is 11.8. The van der Waals surface area contributed by atoms with E-state index in [1.807, 2.05) is 20.8 Å². The third-order valence-electron chi connectivity index (χ3n) is 3.51. The van der Waals surface area contributed by atoms with Gasteiger partial charge < -0.3 is 10.8 Å². The molecule has 1 heterocycles. The molecule has 2 amide bonds. The molecule has 1 rings (SSSR count). The van der Waals surface area contributed by atoms with Crippen molar-refractivity contribution < 1.29 is 14.7 Å². The van der Waals surface area contributed by atoms with Crippen LogP contribution < -0.4 is 5.73 Å². The fourth-order valence-electron chi connectivity index (χ4n) is 2.64. The van der Waals surface area contributed by atoms with Gasteiger partial charge in [-0.3, -0.25) is 9.69 Å². The maximum atomic E-state index is 11.8. The average molecular weight is 228 g/mol. The van der Waals surface area contributed by atoms with Gasteiger partial charge in [-0.05, 0) is 24.7 Å². The van der Waals surface area contributed by atoms with Crippen molar-refractivity contribution >= 4 is 12.0 Å². The van der Waals surface area contributed by atoms with Gasteiger partial charge in [-0.25, -0.2) is 4.79 Å². The SMILES string of the molecule is CC(C)(C)[C@@]1(C(N)=O)CCCCN1C(=O)O. The summed E-state index contributed by atoms with van der Waals surface area (Å²) >= 11 is 0. The zero-order valence-electron chi connectivity index (χ0n) is 10.1. The zero-order valence-corrected chi connectivity index (χ0v) is 10.1. The summed E-state index contributed by atoms with van der Waals surface area (Å²) in [6.07, 6.45) is 1.08. The van der Waals surface area contributed by atoms with Crippen LogP contribution in [0.4, 0.5) is 4.79 Å². The topological polar surface area (TPSA) is 83.6 Å². The predicted molar refractivity (Wildman–Crippen MR) is 60.0 cm³/mol. The molecule has 0 aliphatic carbocycles. The van der Waals surface area contributed by atoms with E-state index in [0.717, 1.165) is 12.8 Å². The van der Waals surface area contributed by atoms with Gasteiger partial charge in [0.2, 0.25) is 5.91 Å². The van der Waals surface area contributed by atoms with E-state index < -0.39 is 23.0 Å². The van der Waals surface area contributed by atoms with E-state index in [9.17, 15) is 14.7 Å². The number of nitrogens with two attached hydrogens (primary N) is 1. The summed E-state index contributed by atoms with van der Waals surface area (Å²) in [5, 5.41) is 9.20. The molecule has 92 valence electrons. The number of primary amides is 1. The van der Waals surface area contributed by atoms with Crippen molar-refractivity contribution in [2.45, 2.75) is 45.6 Å². The smallest absolute Gasteiger partial charge is 0.408 e. The van der Waals surface area contributed by atoms with Crippen molar-refractivity contribution in [2.75, 3.05) is 6.54 Å². The van der Waals surface area contributed by atoms with E-state index in [2.05, 4.69) is 0 Å². The molecule has 0 aromatic heterocycles. The summed E-state index contributed by atoms with van der Waals surface area (Å²) in [6, 6.07) is 0. The lowest BCUT2D eigenvalue weighted by atomic mass is 9.67. The fourth-order valence-corrected chi connectivity index (χ4v) is 2.64.